The van der Waals surface area contributed by atoms with Gasteiger partial charge in [-0.25, -0.2) is 0 Å². The summed E-state index contributed by atoms with van der Waals surface area (Å²) in [4.78, 5) is 15.4. The van der Waals surface area contributed by atoms with Gasteiger partial charge in [-0.3, -0.25) is 9.78 Å². The van der Waals surface area contributed by atoms with Crippen molar-refractivity contribution in [3.8, 4) is 17.2 Å². The summed E-state index contributed by atoms with van der Waals surface area (Å²) in [5.74, 6) is 1.60. The van der Waals surface area contributed by atoms with Crippen molar-refractivity contribution >= 4 is 5.78 Å². The molecule has 0 saturated carbocycles. The van der Waals surface area contributed by atoms with Crippen LogP contribution in [0.25, 0.3) is 0 Å². The standard InChI is InChI=1S/C20H25NO4/c1-14(16(3)22)12-17-7-8-19(15(2)20(17)23)25-11-5-10-24-18-6-4-9-21-13-18/h4,6-9,13-14,23H,5,10-12H2,1-3H3. The van der Waals surface area contributed by atoms with Gasteiger partial charge < -0.3 is 14.6 Å². The quantitative estimate of drug-likeness (QED) is 0.703. The van der Waals surface area contributed by atoms with E-state index in [9.17, 15) is 9.90 Å². The van der Waals surface area contributed by atoms with E-state index in [4.69, 9.17) is 9.47 Å². The Balaban J connectivity index is 1.84. The zero-order valence-electron chi connectivity index (χ0n) is 15.0. The second-order valence-corrected chi connectivity index (χ2v) is 6.15. The van der Waals surface area contributed by atoms with Gasteiger partial charge in [-0.15, -0.1) is 0 Å². The Hall–Kier alpha value is -2.56. The summed E-state index contributed by atoms with van der Waals surface area (Å²) in [5.41, 5.74) is 1.47. The van der Waals surface area contributed by atoms with Crippen LogP contribution in [0, 0.1) is 12.8 Å². The van der Waals surface area contributed by atoms with Crippen LogP contribution in [0.4, 0.5) is 0 Å². The molecule has 1 unspecified atom stereocenters. The maximum atomic E-state index is 11.4. The highest BCUT2D eigenvalue weighted by molar-refractivity contribution is 5.78. The van der Waals surface area contributed by atoms with Gasteiger partial charge in [0.1, 0.15) is 23.0 Å². The van der Waals surface area contributed by atoms with Crippen molar-refractivity contribution < 1.29 is 19.4 Å². The fourth-order valence-corrected chi connectivity index (χ4v) is 2.40. The summed E-state index contributed by atoms with van der Waals surface area (Å²) >= 11 is 0. The van der Waals surface area contributed by atoms with E-state index in [1.54, 1.807) is 19.3 Å². The third-order valence-electron chi connectivity index (χ3n) is 4.13. The Labute approximate surface area is 148 Å². The first-order valence-corrected chi connectivity index (χ1v) is 8.46. The number of ketones is 1. The molecule has 2 aromatic rings. The highest BCUT2D eigenvalue weighted by Gasteiger charge is 2.15. The fraction of sp³-hybridized carbons (Fsp3) is 0.400. The second-order valence-electron chi connectivity index (χ2n) is 6.15. The summed E-state index contributed by atoms with van der Waals surface area (Å²) in [6.07, 6.45) is 4.62. The number of aromatic hydroxyl groups is 1. The fourth-order valence-electron chi connectivity index (χ4n) is 2.40. The van der Waals surface area contributed by atoms with E-state index in [1.165, 1.54) is 0 Å². The van der Waals surface area contributed by atoms with Gasteiger partial charge in [-0.05, 0) is 44.0 Å². The first kappa shape index (κ1) is 18.8. The van der Waals surface area contributed by atoms with E-state index in [0.717, 1.165) is 17.7 Å². The highest BCUT2D eigenvalue weighted by Crippen LogP contribution is 2.32. The molecule has 1 N–H and O–H groups in total. The van der Waals surface area contributed by atoms with E-state index in [1.807, 2.05) is 38.1 Å². The van der Waals surface area contributed by atoms with Gasteiger partial charge in [0, 0.05) is 24.1 Å². The molecule has 5 heteroatoms. The number of nitrogens with zero attached hydrogens (tertiary/aromatic N) is 1. The van der Waals surface area contributed by atoms with Gasteiger partial charge in [-0.2, -0.15) is 0 Å². The van der Waals surface area contributed by atoms with Crippen LogP contribution in [0.15, 0.2) is 36.7 Å². The molecule has 0 aliphatic heterocycles. The Morgan fingerprint density at radius 2 is 2.00 bits per heavy atom. The third-order valence-corrected chi connectivity index (χ3v) is 4.13. The molecule has 0 aliphatic rings. The van der Waals surface area contributed by atoms with Gasteiger partial charge in [0.05, 0.1) is 19.4 Å². The molecule has 0 spiro atoms. The van der Waals surface area contributed by atoms with Crippen molar-refractivity contribution in [3.63, 3.8) is 0 Å². The summed E-state index contributed by atoms with van der Waals surface area (Å²) in [6, 6.07) is 7.35. The Morgan fingerprint density at radius 3 is 2.68 bits per heavy atom. The summed E-state index contributed by atoms with van der Waals surface area (Å²) < 4.78 is 11.3. The van der Waals surface area contributed by atoms with E-state index in [0.29, 0.717) is 30.9 Å². The van der Waals surface area contributed by atoms with Gasteiger partial charge >= 0.3 is 0 Å². The maximum absolute atomic E-state index is 11.4. The predicted molar refractivity (Wildman–Crippen MR) is 96.2 cm³/mol. The zero-order chi connectivity index (χ0) is 18.2. The molecule has 0 amide bonds. The molecule has 1 aromatic carbocycles. The molecule has 5 nitrogen and oxygen atoms in total. The van der Waals surface area contributed by atoms with Crippen LogP contribution < -0.4 is 9.47 Å². The van der Waals surface area contributed by atoms with Crippen LogP contribution in [0.3, 0.4) is 0 Å². The largest absolute Gasteiger partial charge is 0.507 e. The lowest BCUT2D eigenvalue weighted by molar-refractivity contribution is -0.120. The molecule has 134 valence electrons. The first-order valence-electron chi connectivity index (χ1n) is 8.46. The molecule has 0 fully saturated rings. The van der Waals surface area contributed by atoms with Gasteiger partial charge in [0.15, 0.2) is 0 Å². The van der Waals surface area contributed by atoms with Crippen LogP contribution in [0.5, 0.6) is 17.2 Å². The van der Waals surface area contributed by atoms with Gasteiger partial charge in [0.25, 0.3) is 0 Å². The number of hydrogen-bond donors (Lipinski definition) is 1. The number of phenols is 1. The molecule has 0 aliphatic carbocycles. The normalized spacial score (nSPS) is 11.8. The van der Waals surface area contributed by atoms with Crippen LogP contribution in [0.2, 0.25) is 0 Å². The average Bonchev–Trinajstić information content (AvgIpc) is 2.61. The summed E-state index contributed by atoms with van der Waals surface area (Å²) in [5, 5.41) is 10.3. The molecule has 1 heterocycles. The predicted octanol–water partition coefficient (Wildman–Crippen LogP) is 3.71. The van der Waals surface area contributed by atoms with Crippen molar-refractivity contribution in [2.45, 2.75) is 33.6 Å². The number of aromatic nitrogens is 1. The molecule has 0 saturated heterocycles. The zero-order valence-corrected chi connectivity index (χ0v) is 15.0. The average molecular weight is 343 g/mol. The lowest BCUT2D eigenvalue weighted by Crippen LogP contribution is -2.10. The van der Waals surface area contributed by atoms with Crippen molar-refractivity contribution in [2.75, 3.05) is 13.2 Å². The molecule has 2 rings (SSSR count). The smallest absolute Gasteiger partial charge is 0.137 e. The van der Waals surface area contributed by atoms with E-state index in [-0.39, 0.29) is 17.5 Å². The summed E-state index contributed by atoms with van der Waals surface area (Å²) in [7, 11) is 0. The van der Waals surface area contributed by atoms with Crippen molar-refractivity contribution in [1.29, 1.82) is 0 Å². The van der Waals surface area contributed by atoms with E-state index in [2.05, 4.69) is 4.98 Å². The van der Waals surface area contributed by atoms with Crippen LogP contribution in [-0.2, 0) is 11.2 Å². The lowest BCUT2D eigenvalue weighted by atomic mass is 9.95. The Morgan fingerprint density at radius 1 is 1.24 bits per heavy atom. The lowest BCUT2D eigenvalue weighted by Gasteiger charge is -2.15. The Bertz CT molecular complexity index is 700. The molecule has 0 radical (unpaired) electrons. The number of hydrogen-bond acceptors (Lipinski definition) is 5. The minimum absolute atomic E-state index is 0.110. The first-order chi connectivity index (χ1) is 12.0. The maximum Gasteiger partial charge on any atom is 0.137 e. The monoisotopic (exact) mass is 343 g/mol. The number of pyridine rings is 1. The van der Waals surface area contributed by atoms with Crippen molar-refractivity contribution in [3.05, 3.63) is 47.8 Å². The number of benzene rings is 1. The molecule has 0 bridgehead atoms. The SMILES string of the molecule is CC(=O)C(C)Cc1ccc(OCCCOc2cccnc2)c(C)c1O. The second kappa shape index (κ2) is 9.06. The van der Waals surface area contributed by atoms with E-state index < -0.39 is 0 Å². The van der Waals surface area contributed by atoms with Crippen molar-refractivity contribution in [2.24, 2.45) is 5.92 Å². The molecule has 1 atom stereocenters. The number of Topliss-reactive ketones (excluding diaryl/α,β-unsaturated/α-hetero) is 1. The number of ether oxygens (including phenoxy) is 2. The number of carbonyl (C=O) groups is 1. The molecule has 25 heavy (non-hydrogen) atoms. The summed E-state index contributed by atoms with van der Waals surface area (Å²) in [6.45, 7) is 6.27. The van der Waals surface area contributed by atoms with Crippen LogP contribution in [0.1, 0.15) is 31.4 Å². The minimum Gasteiger partial charge on any atom is -0.507 e. The number of carbonyl (C=O) groups excluding carboxylic acids is 1. The topological polar surface area (TPSA) is 68.7 Å². The van der Waals surface area contributed by atoms with Crippen LogP contribution in [-0.4, -0.2) is 29.1 Å². The highest BCUT2D eigenvalue weighted by atomic mass is 16.5. The Kier molecular flexibility index (Phi) is 6.81. The van der Waals surface area contributed by atoms with E-state index >= 15 is 0 Å². The van der Waals surface area contributed by atoms with Crippen LogP contribution >= 0.6 is 0 Å². The molecular formula is C20H25NO4. The third kappa shape index (κ3) is 5.48. The van der Waals surface area contributed by atoms with Crippen molar-refractivity contribution in [1.82, 2.24) is 4.98 Å². The molecule has 1 aromatic heterocycles. The van der Waals surface area contributed by atoms with Gasteiger partial charge in [0.2, 0.25) is 0 Å². The van der Waals surface area contributed by atoms with Gasteiger partial charge in [-0.1, -0.05) is 13.0 Å². The minimum atomic E-state index is -0.110. The number of rotatable bonds is 9. The number of phenolic OH excluding ortho intramolecular Hbond substituents is 1. The molecular weight excluding hydrogens is 318 g/mol.